The maximum absolute atomic E-state index is 12.1. The molecule has 1 atom stereocenters. The van der Waals surface area contributed by atoms with Crippen molar-refractivity contribution in [3.63, 3.8) is 0 Å². The van der Waals surface area contributed by atoms with E-state index in [2.05, 4.69) is 37.9 Å². The van der Waals surface area contributed by atoms with Crippen molar-refractivity contribution in [1.29, 1.82) is 0 Å². The Labute approximate surface area is 106 Å². The minimum Gasteiger partial charge on any atom is -0.340 e. The summed E-state index contributed by atoms with van der Waals surface area (Å²) in [5.74, 6) is 0.316. The number of rotatable bonds is 3. The monoisotopic (exact) mass is 240 g/mol. The van der Waals surface area contributed by atoms with E-state index < -0.39 is 0 Å². The van der Waals surface area contributed by atoms with E-state index in [1.54, 1.807) is 0 Å². The molecule has 17 heavy (non-hydrogen) atoms. The zero-order valence-corrected chi connectivity index (χ0v) is 11.9. The Morgan fingerprint density at radius 1 is 1.29 bits per heavy atom. The van der Waals surface area contributed by atoms with Gasteiger partial charge in [0.2, 0.25) is 5.91 Å². The molecule has 1 saturated heterocycles. The number of amides is 1. The van der Waals surface area contributed by atoms with Crippen molar-refractivity contribution in [3.05, 3.63) is 0 Å². The lowest BCUT2D eigenvalue weighted by Crippen LogP contribution is -2.42. The fourth-order valence-corrected chi connectivity index (χ4v) is 2.33. The number of nitrogens with one attached hydrogen (secondary N) is 1. The fourth-order valence-electron chi connectivity index (χ4n) is 2.33. The molecule has 0 saturated carbocycles. The van der Waals surface area contributed by atoms with Crippen molar-refractivity contribution in [2.24, 2.45) is 0 Å². The second-order valence-electron chi connectivity index (χ2n) is 6.21. The van der Waals surface area contributed by atoms with Crippen molar-refractivity contribution in [3.8, 4) is 0 Å². The summed E-state index contributed by atoms with van der Waals surface area (Å²) in [6.45, 7) is 10.3. The van der Waals surface area contributed by atoms with Crippen LogP contribution < -0.4 is 5.32 Å². The fraction of sp³-hybridized carbons (Fsp3) is 0.929. The second-order valence-corrected chi connectivity index (χ2v) is 6.21. The van der Waals surface area contributed by atoms with Crippen LogP contribution in [0.25, 0.3) is 0 Å². The Balaban J connectivity index is 2.35. The maximum Gasteiger partial charge on any atom is 0.224 e. The average Bonchev–Trinajstić information content (AvgIpc) is 2.40. The zero-order valence-electron chi connectivity index (χ0n) is 11.9. The Morgan fingerprint density at radius 2 is 2.00 bits per heavy atom. The third-order valence-corrected chi connectivity index (χ3v) is 3.37. The van der Waals surface area contributed by atoms with Crippen molar-refractivity contribution in [2.45, 2.75) is 71.4 Å². The third kappa shape index (κ3) is 5.53. The Kier molecular flexibility index (Phi) is 5.44. The van der Waals surface area contributed by atoms with Crippen LogP contribution in [0.4, 0.5) is 0 Å². The van der Waals surface area contributed by atoms with Crippen LogP contribution in [0, 0.1) is 0 Å². The first-order valence-electron chi connectivity index (χ1n) is 6.94. The quantitative estimate of drug-likeness (QED) is 0.822. The second kappa shape index (κ2) is 6.39. The summed E-state index contributed by atoms with van der Waals surface area (Å²) >= 11 is 0. The molecule has 1 heterocycles. The molecule has 0 bridgehead atoms. The molecule has 0 aromatic heterocycles. The van der Waals surface area contributed by atoms with Gasteiger partial charge in [-0.05, 0) is 40.5 Å². The predicted molar refractivity (Wildman–Crippen MR) is 72.0 cm³/mol. The molecule has 1 unspecified atom stereocenters. The number of nitrogens with zero attached hydrogens (tertiary/aromatic N) is 1. The van der Waals surface area contributed by atoms with E-state index in [4.69, 9.17) is 0 Å². The van der Waals surface area contributed by atoms with Gasteiger partial charge in [0, 0.05) is 31.1 Å². The van der Waals surface area contributed by atoms with E-state index in [0.29, 0.717) is 18.4 Å². The molecule has 0 radical (unpaired) electrons. The van der Waals surface area contributed by atoms with E-state index in [0.717, 1.165) is 13.1 Å². The molecule has 1 fully saturated rings. The third-order valence-electron chi connectivity index (χ3n) is 3.37. The van der Waals surface area contributed by atoms with Crippen molar-refractivity contribution >= 4 is 5.91 Å². The van der Waals surface area contributed by atoms with E-state index >= 15 is 0 Å². The van der Waals surface area contributed by atoms with Crippen LogP contribution >= 0.6 is 0 Å². The molecule has 1 aliphatic heterocycles. The first-order valence-corrected chi connectivity index (χ1v) is 6.94. The van der Waals surface area contributed by atoms with E-state index in [9.17, 15) is 4.79 Å². The van der Waals surface area contributed by atoms with Crippen LogP contribution in [-0.2, 0) is 4.79 Å². The van der Waals surface area contributed by atoms with Gasteiger partial charge in [-0.15, -0.1) is 0 Å². The molecule has 0 aromatic carbocycles. The Hall–Kier alpha value is -0.570. The van der Waals surface area contributed by atoms with Crippen molar-refractivity contribution < 1.29 is 4.79 Å². The highest BCUT2D eigenvalue weighted by Gasteiger charge is 2.21. The molecular weight excluding hydrogens is 212 g/mol. The summed E-state index contributed by atoms with van der Waals surface area (Å²) in [5, 5.41) is 3.37. The Bertz CT molecular complexity index is 245. The smallest absolute Gasteiger partial charge is 0.224 e. The molecule has 100 valence electrons. The van der Waals surface area contributed by atoms with Gasteiger partial charge in [0.15, 0.2) is 0 Å². The van der Waals surface area contributed by atoms with Crippen molar-refractivity contribution in [1.82, 2.24) is 10.2 Å². The van der Waals surface area contributed by atoms with Gasteiger partial charge in [0.25, 0.3) is 0 Å². The summed E-state index contributed by atoms with van der Waals surface area (Å²) in [6, 6.07) is 0.430. The molecule has 3 heteroatoms. The molecule has 1 N–H and O–H groups in total. The van der Waals surface area contributed by atoms with Gasteiger partial charge >= 0.3 is 0 Å². The summed E-state index contributed by atoms with van der Waals surface area (Å²) in [5.41, 5.74) is 0.102. The van der Waals surface area contributed by atoms with Crippen LogP contribution in [0.1, 0.15) is 59.8 Å². The van der Waals surface area contributed by atoms with Gasteiger partial charge in [-0.1, -0.05) is 12.8 Å². The number of carbonyl (C=O) groups excluding carboxylic acids is 1. The standard InChI is InChI=1S/C14H28N2O/c1-12-8-6-5-7-11-16(12)13(17)9-10-15-14(2,3)4/h12,15H,5-11H2,1-4H3. The number of hydrogen-bond acceptors (Lipinski definition) is 2. The van der Waals surface area contributed by atoms with Crippen LogP contribution in [0.2, 0.25) is 0 Å². The SMILES string of the molecule is CC1CCCCCN1C(=O)CCNC(C)(C)C. The van der Waals surface area contributed by atoms with Crippen LogP contribution in [0.15, 0.2) is 0 Å². The maximum atomic E-state index is 12.1. The molecule has 0 aromatic rings. The highest BCUT2D eigenvalue weighted by Crippen LogP contribution is 2.17. The van der Waals surface area contributed by atoms with E-state index in [1.165, 1.54) is 25.7 Å². The van der Waals surface area contributed by atoms with Gasteiger partial charge in [-0.25, -0.2) is 0 Å². The zero-order chi connectivity index (χ0) is 12.9. The highest BCUT2D eigenvalue weighted by atomic mass is 16.2. The summed E-state index contributed by atoms with van der Waals surface area (Å²) < 4.78 is 0. The molecule has 3 nitrogen and oxygen atoms in total. The summed E-state index contributed by atoms with van der Waals surface area (Å²) in [7, 11) is 0. The lowest BCUT2D eigenvalue weighted by molar-refractivity contribution is -0.133. The van der Waals surface area contributed by atoms with Crippen LogP contribution in [-0.4, -0.2) is 35.5 Å². The molecule has 0 spiro atoms. The molecule has 1 amide bonds. The molecular formula is C14H28N2O. The minimum absolute atomic E-state index is 0.102. The first-order chi connectivity index (χ1) is 7.90. The van der Waals surface area contributed by atoms with Gasteiger partial charge in [0.1, 0.15) is 0 Å². The van der Waals surface area contributed by atoms with Gasteiger partial charge < -0.3 is 10.2 Å². The molecule has 0 aliphatic carbocycles. The van der Waals surface area contributed by atoms with Gasteiger partial charge in [-0.3, -0.25) is 4.79 Å². The molecule has 1 aliphatic rings. The van der Waals surface area contributed by atoms with Crippen LogP contribution in [0.3, 0.4) is 0 Å². The molecule has 1 rings (SSSR count). The topological polar surface area (TPSA) is 32.3 Å². The van der Waals surface area contributed by atoms with Gasteiger partial charge in [0.05, 0.1) is 0 Å². The Morgan fingerprint density at radius 3 is 2.65 bits per heavy atom. The lowest BCUT2D eigenvalue weighted by atomic mass is 10.1. The minimum atomic E-state index is 0.102. The number of carbonyl (C=O) groups is 1. The van der Waals surface area contributed by atoms with E-state index in [1.807, 2.05) is 0 Å². The normalized spacial score (nSPS) is 22.4. The number of likely N-dealkylation sites (tertiary alicyclic amines) is 1. The summed E-state index contributed by atoms with van der Waals surface area (Å²) in [6.07, 6.45) is 5.50. The lowest BCUT2D eigenvalue weighted by Gasteiger charge is -2.28. The van der Waals surface area contributed by atoms with Gasteiger partial charge in [-0.2, -0.15) is 0 Å². The summed E-state index contributed by atoms with van der Waals surface area (Å²) in [4.78, 5) is 14.2. The predicted octanol–water partition coefficient (Wildman–Crippen LogP) is 2.56. The largest absolute Gasteiger partial charge is 0.340 e. The van der Waals surface area contributed by atoms with Crippen molar-refractivity contribution in [2.75, 3.05) is 13.1 Å². The first kappa shape index (κ1) is 14.5. The van der Waals surface area contributed by atoms with Crippen LogP contribution in [0.5, 0.6) is 0 Å². The number of hydrogen-bond donors (Lipinski definition) is 1. The average molecular weight is 240 g/mol. The highest BCUT2D eigenvalue weighted by molar-refractivity contribution is 5.76. The van der Waals surface area contributed by atoms with E-state index in [-0.39, 0.29) is 5.54 Å².